The number of carbonyl (C=O) groups excluding carboxylic acids is 2. The van der Waals surface area contributed by atoms with Crippen LogP contribution in [0, 0.1) is 3.57 Å². The topological polar surface area (TPSA) is 70.1 Å². The van der Waals surface area contributed by atoms with Crippen molar-refractivity contribution in [1.29, 1.82) is 0 Å². The molecule has 0 spiro atoms. The lowest BCUT2D eigenvalue weighted by Crippen LogP contribution is -2.29. The van der Waals surface area contributed by atoms with Gasteiger partial charge in [-0.1, -0.05) is 82.8 Å². The molecule has 0 aliphatic carbocycles. The molecule has 0 aromatic heterocycles. The minimum Gasteiger partial charge on any atom is -0.331 e. The third-order valence-corrected chi connectivity index (χ3v) is 11.6. The molecule has 0 saturated heterocycles. The molecule has 2 atom stereocenters. The number of benzene rings is 4. The van der Waals surface area contributed by atoms with Gasteiger partial charge in [0.25, 0.3) is 0 Å². The molecular formula is C36H34Cl4IN3O3S. The molecule has 0 fully saturated rings. The Morgan fingerprint density at radius 2 is 1.10 bits per heavy atom. The van der Waals surface area contributed by atoms with Crippen LogP contribution in [0.2, 0.25) is 20.1 Å². The maximum Gasteiger partial charge on any atom is 0.227 e. The second-order valence-corrected chi connectivity index (χ2v) is 17.4. The van der Waals surface area contributed by atoms with Gasteiger partial charge in [-0.05, 0) is 101 Å². The molecule has 0 radical (unpaired) electrons. The van der Waals surface area contributed by atoms with Crippen molar-refractivity contribution in [2.45, 2.75) is 51.9 Å². The number of rotatable bonds is 5. The summed E-state index contributed by atoms with van der Waals surface area (Å²) >= 11 is 27.1. The van der Waals surface area contributed by atoms with Crippen LogP contribution < -0.4 is 0 Å². The summed E-state index contributed by atoms with van der Waals surface area (Å²) in [5.74, 6) is -0.00196. The number of hydrogen-bond donors (Lipinski definition) is 0. The van der Waals surface area contributed by atoms with E-state index in [1.54, 1.807) is 53.8 Å². The second kappa shape index (κ2) is 15.3. The smallest absolute Gasteiger partial charge is 0.227 e. The minimum atomic E-state index is -2.28. The Kier molecular flexibility index (Phi) is 11.7. The number of carbonyl (C=O) groups is 2. The zero-order valence-electron chi connectivity index (χ0n) is 26.8. The van der Waals surface area contributed by atoms with Gasteiger partial charge in [0.15, 0.2) is 0 Å². The standard InChI is InChI=1S/C19H20Cl2N2O2S.C17H14Cl2INO/c1-12-13-6-4-9-18(22-26(2,3)25)15(13)11-23(12)19(24)10-14-16(20)7-5-8-17(14)21;1-10-11-4-2-7-16(20)13(11)9-21(10)17(22)8-12-14(18)5-3-6-15(12)19/h4-9,12H,10-11H2,1-3H3;2-7,10H,8-9H2,1H3/t12-;10-/m00/s1. The van der Waals surface area contributed by atoms with Gasteiger partial charge in [-0.25, -0.2) is 4.21 Å². The normalized spacial score (nSPS) is 16.6. The van der Waals surface area contributed by atoms with E-state index in [1.807, 2.05) is 36.1 Å². The van der Waals surface area contributed by atoms with Crippen LogP contribution in [0.4, 0.5) is 5.69 Å². The summed E-state index contributed by atoms with van der Waals surface area (Å²) in [6.45, 7) is 5.13. The summed E-state index contributed by atoms with van der Waals surface area (Å²) in [5, 5.41) is 2.06. The van der Waals surface area contributed by atoms with E-state index in [2.05, 4.69) is 46.0 Å². The number of hydrogen-bond acceptors (Lipinski definition) is 4. The van der Waals surface area contributed by atoms with E-state index in [1.165, 1.54) is 14.7 Å². The zero-order valence-corrected chi connectivity index (χ0v) is 32.8. The number of nitrogens with zero attached hydrogens (tertiary/aromatic N) is 3. The van der Waals surface area contributed by atoms with Crippen LogP contribution in [-0.2, 0) is 45.2 Å². The predicted octanol–water partition coefficient (Wildman–Crippen LogP) is 10.2. The first-order valence-electron chi connectivity index (χ1n) is 15.2. The van der Waals surface area contributed by atoms with Crippen molar-refractivity contribution in [2.24, 2.45) is 4.36 Å². The first-order chi connectivity index (χ1) is 22.7. The van der Waals surface area contributed by atoms with E-state index in [-0.39, 0.29) is 36.7 Å². The van der Waals surface area contributed by atoms with Crippen LogP contribution in [0.25, 0.3) is 0 Å². The van der Waals surface area contributed by atoms with Gasteiger partial charge in [-0.15, -0.1) is 0 Å². The fourth-order valence-electron chi connectivity index (χ4n) is 6.08. The highest BCUT2D eigenvalue weighted by molar-refractivity contribution is 14.1. The fraction of sp³-hybridized carbons (Fsp3) is 0.278. The van der Waals surface area contributed by atoms with Crippen molar-refractivity contribution in [1.82, 2.24) is 9.80 Å². The highest BCUT2D eigenvalue weighted by Crippen LogP contribution is 2.40. The number of amides is 2. The molecule has 4 aromatic carbocycles. The Balaban J connectivity index is 0.000000190. The lowest BCUT2D eigenvalue weighted by Gasteiger charge is -2.22. The lowest BCUT2D eigenvalue weighted by molar-refractivity contribution is -0.133. The van der Waals surface area contributed by atoms with E-state index in [0.29, 0.717) is 50.0 Å². The average molecular weight is 857 g/mol. The Labute approximate surface area is 316 Å². The van der Waals surface area contributed by atoms with Gasteiger partial charge >= 0.3 is 0 Å². The Hall–Kier alpha value is -2.34. The van der Waals surface area contributed by atoms with Crippen molar-refractivity contribution in [3.63, 3.8) is 0 Å². The van der Waals surface area contributed by atoms with Gasteiger partial charge < -0.3 is 9.80 Å². The van der Waals surface area contributed by atoms with Gasteiger partial charge in [0.2, 0.25) is 11.8 Å². The molecule has 2 aliphatic heterocycles. The molecule has 252 valence electrons. The maximum atomic E-state index is 12.9. The van der Waals surface area contributed by atoms with Crippen LogP contribution in [0.15, 0.2) is 77.2 Å². The molecule has 0 N–H and O–H groups in total. The summed E-state index contributed by atoms with van der Waals surface area (Å²) in [6.07, 6.45) is 3.58. The average Bonchev–Trinajstić information content (AvgIpc) is 3.55. The minimum absolute atomic E-state index is 0.0505. The fourth-order valence-corrected chi connectivity index (χ4v) is 8.47. The van der Waals surface area contributed by atoms with Crippen LogP contribution >= 0.6 is 69.0 Å². The van der Waals surface area contributed by atoms with Crippen LogP contribution in [0.1, 0.15) is 59.3 Å². The second-order valence-electron chi connectivity index (χ2n) is 12.1. The molecule has 6 nitrogen and oxygen atoms in total. The quantitative estimate of drug-likeness (QED) is 0.188. The van der Waals surface area contributed by atoms with E-state index in [9.17, 15) is 13.8 Å². The molecule has 0 bridgehead atoms. The molecule has 2 heterocycles. The van der Waals surface area contributed by atoms with Crippen molar-refractivity contribution >= 4 is 96.2 Å². The van der Waals surface area contributed by atoms with Gasteiger partial charge in [-0.2, -0.15) is 4.36 Å². The van der Waals surface area contributed by atoms with Crippen LogP contribution in [-0.4, -0.2) is 38.3 Å². The molecule has 2 aliphatic rings. The highest BCUT2D eigenvalue weighted by atomic mass is 127. The molecule has 0 saturated carbocycles. The summed E-state index contributed by atoms with van der Waals surface area (Å²) in [6, 6.07) is 22.5. The van der Waals surface area contributed by atoms with Gasteiger partial charge in [-0.3, -0.25) is 9.59 Å². The third kappa shape index (κ3) is 8.16. The highest BCUT2D eigenvalue weighted by Gasteiger charge is 2.33. The van der Waals surface area contributed by atoms with Gasteiger partial charge in [0, 0.05) is 64.6 Å². The molecular weight excluding hydrogens is 823 g/mol. The lowest BCUT2D eigenvalue weighted by atomic mass is 10.0. The monoisotopic (exact) mass is 855 g/mol. The van der Waals surface area contributed by atoms with Crippen molar-refractivity contribution < 1.29 is 13.8 Å². The van der Waals surface area contributed by atoms with Crippen molar-refractivity contribution in [3.05, 3.63) is 130 Å². The largest absolute Gasteiger partial charge is 0.331 e. The Bertz CT molecular complexity index is 1980. The first kappa shape index (κ1) is 36.9. The molecule has 4 aromatic rings. The van der Waals surface area contributed by atoms with E-state index in [4.69, 9.17) is 46.4 Å². The summed E-state index contributed by atoms with van der Waals surface area (Å²) in [7, 11) is -2.28. The first-order valence-corrected chi connectivity index (χ1v) is 20.1. The molecule has 2 amide bonds. The van der Waals surface area contributed by atoms with E-state index in [0.717, 1.165) is 11.1 Å². The number of halogens is 5. The maximum absolute atomic E-state index is 12.9. The summed E-state index contributed by atoms with van der Waals surface area (Å²) < 4.78 is 17.6. The molecule has 48 heavy (non-hydrogen) atoms. The SMILES string of the molecule is C[C@H]1c2cccc(I)c2CN1C(=O)Cc1c(Cl)cccc1Cl.C[C@H]1c2cccc(N=S(C)(C)=O)c2CN1C(=O)Cc1c(Cl)cccc1Cl. The Morgan fingerprint density at radius 1 is 0.708 bits per heavy atom. The van der Waals surface area contributed by atoms with Crippen molar-refractivity contribution in [2.75, 3.05) is 12.5 Å². The molecule has 0 unspecified atom stereocenters. The molecule has 12 heteroatoms. The zero-order chi connectivity index (χ0) is 34.9. The van der Waals surface area contributed by atoms with E-state index >= 15 is 0 Å². The van der Waals surface area contributed by atoms with Crippen LogP contribution in [0.3, 0.4) is 0 Å². The van der Waals surface area contributed by atoms with Gasteiger partial charge in [0.05, 0.1) is 30.6 Å². The van der Waals surface area contributed by atoms with E-state index < -0.39 is 9.73 Å². The summed E-state index contributed by atoms with van der Waals surface area (Å²) in [4.78, 5) is 29.3. The Morgan fingerprint density at radius 3 is 1.54 bits per heavy atom. The number of fused-ring (bicyclic) bond motifs is 2. The van der Waals surface area contributed by atoms with Gasteiger partial charge in [0.1, 0.15) is 0 Å². The molecule has 6 rings (SSSR count). The third-order valence-electron chi connectivity index (χ3n) is 8.57. The summed E-state index contributed by atoms with van der Waals surface area (Å²) in [5.41, 5.74) is 6.49. The van der Waals surface area contributed by atoms with Crippen LogP contribution in [0.5, 0.6) is 0 Å². The van der Waals surface area contributed by atoms with Crippen molar-refractivity contribution in [3.8, 4) is 0 Å². The predicted molar refractivity (Wildman–Crippen MR) is 206 cm³/mol.